The van der Waals surface area contributed by atoms with Crippen molar-refractivity contribution in [2.24, 2.45) is 52.8 Å². The van der Waals surface area contributed by atoms with Crippen molar-refractivity contribution in [3.05, 3.63) is 16.1 Å². The Hall–Kier alpha value is -0.370. The monoisotopic (exact) mass is 399 g/mol. The van der Waals surface area contributed by atoms with Crippen LogP contribution in [0.25, 0.3) is 0 Å². The van der Waals surface area contributed by atoms with Crippen LogP contribution in [0.4, 0.5) is 0 Å². The second-order valence-corrected chi connectivity index (χ2v) is 12.9. The summed E-state index contributed by atoms with van der Waals surface area (Å²) < 4.78 is 0. The molecule has 0 bridgehead atoms. The molecule has 1 aromatic heterocycles. The van der Waals surface area contributed by atoms with Gasteiger partial charge in [-0.3, -0.25) is 0 Å². The molecule has 1 nitrogen and oxygen atoms in total. The molecule has 1 aromatic rings. The van der Waals surface area contributed by atoms with Crippen molar-refractivity contribution in [1.29, 1.82) is 0 Å². The summed E-state index contributed by atoms with van der Waals surface area (Å²) in [7, 11) is 0. The Balaban J connectivity index is 1.31. The van der Waals surface area contributed by atoms with E-state index >= 15 is 0 Å². The summed E-state index contributed by atoms with van der Waals surface area (Å²) in [6, 6.07) is 0. The zero-order valence-corrected chi connectivity index (χ0v) is 19.4. The molecular weight excluding hydrogens is 358 g/mol. The van der Waals surface area contributed by atoms with Gasteiger partial charge in [0.1, 0.15) is 0 Å². The van der Waals surface area contributed by atoms with Crippen molar-refractivity contribution in [2.75, 3.05) is 0 Å². The lowest BCUT2D eigenvalue weighted by atomic mass is 9.49. The van der Waals surface area contributed by atoms with Crippen molar-refractivity contribution >= 4 is 11.3 Å². The van der Waals surface area contributed by atoms with E-state index in [1.165, 1.54) is 42.0 Å². The molecule has 3 unspecified atom stereocenters. The highest BCUT2D eigenvalue weighted by Crippen LogP contribution is 2.65. The van der Waals surface area contributed by atoms with Gasteiger partial charge in [0, 0.05) is 17.5 Å². The van der Waals surface area contributed by atoms with E-state index in [1.807, 2.05) is 11.3 Å². The Kier molecular flexibility index (Phi) is 5.17. The maximum Gasteiger partial charge on any atom is 0.0930 e. The number of hydrogen-bond donors (Lipinski definition) is 0. The first-order valence-corrected chi connectivity index (χ1v) is 13.2. The Morgan fingerprint density at radius 2 is 1.89 bits per heavy atom. The van der Waals surface area contributed by atoms with Gasteiger partial charge >= 0.3 is 0 Å². The molecule has 5 rings (SSSR count). The molecule has 0 radical (unpaired) electrons. The number of aromatic nitrogens is 1. The lowest BCUT2D eigenvalue weighted by Gasteiger charge is -2.56. The minimum absolute atomic E-state index is 0.613. The average molecular weight is 400 g/mol. The summed E-state index contributed by atoms with van der Waals surface area (Å²) >= 11 is 1.92. The highest BCUT2D eigenvalue weighted by molar-refractivity contribution is 7.11. The molecule has 156 valence electrons. The second-order valence-electron chi connectivity index (χ2n) is 11.6. The minimum atomic E-state index is 0.613. The second kappa shape index (κ2) is 7.40. The summed E-state index contributed by atoms with van der Waals surface area (Å²) in [5.41, 5.74) is 0.613. The quantitative estimate of drug-likeness (QED) is 0.511. The SMILES string of the molecule is Cc1cnc(C[C@H](C)C2CCC3[C@@H]4CC[C@@H]5C[C@@H](C)CC[C@@H]5C4CC[C@@]32C)s1. The van der Waals surface area contributed by atoms with Gasteiger partial charge in [0.05, 0.1) is 5.01 Å². The van der Waals surface area contributed by atoms with Gasteiger partial charge < -0.3 is 0 Å². The molecule has 9 atom stereocenters. The fourth-order valence-electron chi connectivity index (χ4n) is 8.98. The Morgan fingerprint density at radius 3 is 2.68 bits per heavy atom. The van der Waals surface area contributed by atoms with Crippen molar-refractivity contribution < 1.29 is 0 Å². The van der Waals surface area contributed by atoms with Crippen LogP contribution in [0, 0.1) is 59.7 Å². The van der Waals surface area contributed by atoms with E-state index in [0.717, 1.165) is 47.3 Å². The topological polar surface area (TPSA) is 12.9 Å². The molecular formula is C26H41NS. The van der Waals surface area contributed by atoms with Crippen molar-refractivity contribution in [3.63, 3.8) is 0 Å². The highest BCUT2D eigenvalue weighted by Gasteiger charge is 2.57. The Labute approximate surface area is 177 Å². The van der Waals surface area contributed by atoms with E-state index in [1.54, 1.807) is 32.1 Å². The Bertz CT molecular complexity index is 694. The fraction of sp³-hybridized carbons (Fsp3) is 0.885. The third kappa shape index (κ3) is 3.21. The van der Waals surface area contributed by atoms with Crippen LogP contribution >= 0.6 is 11.3 Å². The van der Waals surface area contributed by atoms with E-state index in [0.29, 0.717) is 5.41 Å². The summed E-state index contributed by atoms with van der Waals surface area (Å²) in [6.45, 7) is 9.96. The molecule has 0 aromatic carbocycles. The van der Waals surface area contributed by atoms with Gasteiger partial charge in [-0.1, -0.05) is 27.2 Å². The van der Waals surface area contributed by atoms with E-state index in [-0.39, 0.29) is 0 Å². The molecule has 0 amide bonds. The van der Waals surface area contributed by atoms with Crippen LogP contribution < -0.4 is 0 Å². The number of fused-ring (bicyclic) bond motifs is 5. The number of thiazole rings is 1. The summed E-state index contributed by atoms with van der Waals surface area (Å²) in [5, 5.41) is 1.38. The van der Waals surface area contributed by atoms with Crippen molar-refractivity contribution in [2.45, 2.75) is 91.9 Å². The van der Waals surface area contributed by atoms with Crippen LogP contribution in [0.3, 0.4) is 0 Å². The van der Waals surface area contributed by atoms with Gasteiger partial charge in [0.25, 0.3) is 0 Å². The van der Waals surface area contributed by atoms with E-state index in [2.05, 4.69) is 38.9 Å². The predicted molar refractivity (Wildman–Crippen MR) is 119 cm³/mol. The third-order valence-corrected chi connectivity index (χ3v) is 11.1. The van der Waals surface area contributed by atoms with Crippen LogP contribution in [-0.2, 0) is 6.42 Å². The molecule has 0 N–H and O–H groups in total. The maximum absolute atomic E-state index is 4.69. The first-order chi connectivity index (χ1) is 13.5. The zero-order valence-electron chi connectivity index (χ0n) is 18.6. The van der Waals surface area contributed by atoms with E-state index in [4.69, 9.17) is 0 Å². The van der Waals surface area contributed by atoms with Crippen LogP contribution in [0.15, 0.2) is 6.20 Å². The van der Waals surface area contributed by atoms with Gasteiger partial charge in [-0.05, 0) is 111 Å². The minimum Gasteiger partial charge on any atom is -0.249 e. The number of rotatable bonds is 3. The summed E-state index contributed by atoms with van der Waals surface area (Å²) in [4.78, 5) is 6.06. The van der Waals surface area contributed by atoms with Crippen LogP contribution in [0.5, 0.6) is 0 Å². The van der Waals surface area contributed by atoms with Crippen LogP contribution in [0.1, 0.15) is 88.4 Å². The van der Waals surface area contributed by atoms with E-state index in [9.17, 15) is 0 Å². The number of hydrogen-bond acceptors (Lipinski definition) is 2. The number of nitrogens with zero attached hydrogens (tertiary/aromatic N) is 1. The van der Waals surface area contributed by atoms with Gasteiger partial charge in [-0.25, -0.2) is 4.98 Å². The fourth-order valence-corrected chi connectivity index (χ4v) is 9.91. The van der Waals surface area contributed by atoms with Gasteiger partial charge in [0.2, 0.25) is 0 Å². The molecule has 0 aliphatic heterocycles. The maximum atomic E-state index is 4.69. The van der Waals surface area contributed by atoms with Gasteiger partial charge in [-0.2, -0.15) is 0 Å². The molecule has 2 heteroatoms. The van der Waals surface area contributed by atoms with Crippen molar-refractivity contribution in [3.8, 4) is 0 Å². The van der Waals surface area contributed by atoms with Crippen molar-refractivity contribution in [1.82, 2.24) is 4.98 Å². The highest BCUT2D eigenvalue weighted by atomic mass is 32.1. The first kappa shape index (κ1) is 19.6. The normalized spacial score (nSPS) is 46.5. The molecule has 4 aliphatic rings. The summed E-state index contributed by atoms with van der Waals surface area (Å²) in [6.07, 6.45) is 17.1. The smallest absolute Gasteiger partial charge is 0.0930 e. The first-order valence-electron chi connectivity index (χ1n) is 12.4. The molecule has 0 saturated heterocycles. The molecule has 1 heterocycles. The largest absolute Gasteiger partial charge is 0.249 e. The number of aryl methyl sites for hydroxylation is 1. The standard InChI is InChI=1S/C26H41NS/c1-16-5-7-20-19(13-16)6-8-22-21(20)11-12-26(4)23(9-10-24(22)26)17(2)14-25-27-15-18(3)28-25/h15-17,19-24H,5-14H2,1-4H3/t16-,17-,19+,20-,21?,22+,23?,24?,26+/m0/s1. The zero-order chi connectivity index (χ0) is 19.5. The lowest BCUT2D eigenvalue weighted by Crippen LogP contribution is -2.49. The molecule has 4 fully saturated rings. The van der Waals surface area contributed by atoms with E-state index < -0.39 is 0 Å². The average Bonchev–Trinajstić information content (AvgIpc) is 3.23. The molecule has 4 aliphatic carbocycles. The van der Waals surface area contributed by atoms with Crippen LogP contribution in [0.2, 0.25) is 0 Å². The lowest BCUT2D eigenvalue weighted by molar-refractivity contribution is -0.0727. The Morgan fingerprint density at radius 1 is 1.07 bits per heavy atom. The molecule has 0 spiro atoms. The molecule has 28 heavy (non-hydrogen) atoms. The third-order valence-electron chi connectivity index (χ3n) is 10.1. The predicted octanol–water partition coefficient (Wildman–Crippen LogP) is 7.54. The molecule has 4 saturated carbocycles. The van der Waals surface area contributed by atoms with Crippen LogP contribution in [-0.4, -0.2) is 4.98 Å². The van der Waals surface area contributed by atoms with Gasteiger partial charge in [0.15, 0.2) is 0 Å². The van der Waals surface area contributed by atoms with Gasteiger partial charge in [-0.15, -0.1) is 11.3 Å². The summed E-state index contributed by atoms with van der Waals surface area (Å²) in [5.74, 6) is 8.06.